The van der Waals surface area contributed by atoms with Crippen LogP contribution in [0.15, 0.2) is 52.0 Å². The van der Waals surface area contributed by atoms with Crippen molar-refractivity contribution in [2.45, 2.75) is 32.4 Å². The Morgan fingerprint density at radius 1 is 1.19 bits per heavy atom. The number of pyridine rings is 1. The quantitative estimate of drug-likeness (QED) is 0.464. The lowest BCUT2D eigenvalue weighted by atomic mass is 10.1. The van der Waals surface area contributed by atoms with E-state index in [0.29, 0.717) is 29.3 Å². The van der Waals surface area contributed by atoms with Gasteiger partial charge in [-0.15, -0.1) is 0 Å². The van der Waals surface area contributed by atoms with E-state index in [1.54, 1.807) is 7.05 Å². The van der Waals surface area contributed by atoms with Crippen LogP contribution in [0.4, 0.5) is 5.82 Å². The second-order valence-corrected chi connectivity index (χ2v) is 7.93. The van der Waals surface area contributed by atoms with Crippen LogP contribution in [0.2, 0.25) is 5.02 Å². The summed E-state index contributed by atoms with van der Waals surface area (Å²) in [7, 11) is 1.76. The lowest BCUT2D eigenvalue weighted by Crippen LogP contribution is -2.48. The van der Waals surface area contributed by atoms with E-state index in [1.807, 2.05) is 37.3 Å². The maximum Gasteiger partial charge on any atom is 0.246 e. The van der Waals surface area contributed by atoms with Gasteiger partial charge in [-0.3, -0.25) is 4.99 Å². The van der Waals surface area contributed by atoms with E-state index in [4.69, 9.17) is 16.1 Å². The molecule has 31 heavy (non-hydrogen) atoms. The molecule has 1 saturated heterocycles. The van der Waals surface area contributed by atoms with Crippen molar-refractivity contribution < 1.29 is 4.52 Å². The van der Waals surface area contributed by atoms with Crippen molar-refractivity contribution in [3.05, 3.63) is 59.1 Å². The fraction of sp³-hybridized carbons (Fsp3) is 0.364. The van der Waals surface area contributed by atoms with Crippen LogP contribution in [-0.2, 0) is 6.54 Å². The largest absolute Gasteiger partial charge is 0.356 e. The van der Waals surface area contributed by atoms with Crippen molar-refractivity contribution in [3.63, 3.8) is 0 Å². The molecule has 0 saturated carbocycles. The van der Waals surface area contributed by atoms with Crippen molar-refractivity contribution in [3.8, 4) is 11.4 Å². The number of aryl methyl sites for hydroxylation is 1. The maximum absolute atomic E-state index is 6.04. The number of halogens is 1. The molecule has 1 aliphatic heterocycles. The fourth-order valence-corrected chi connectivity index (χ4v) is 3.77. The predicted molar refractivity (Wildman–Crippen MR) is 122 cm³/mol. The van der Waals surface area contributed by atoms with Crippen LogP contribution in [-0.4, -0.2) is 47.3 Å². The number of nitrogens with one attached hydrogen (secondary N) is 2. The van der Waals surface area contributed by atoms with Gasteiger partial charge in [0.1, 0.15) is 5.82 Å². The molecule has 162 valence electrons. The Balaban J connectivity index is 1.27. The van der Waals surface area contributed by atoms with Crippen LogP contribution >= 0.6 is 11.6 Å². The normalized spacial score (nSPS) is 15.2. The Labute approximate surface area is 186 Å². The molecule has 0 radical (unpaired) electrons. The summed E-state index contributed by atoms with van der Waals surface area (Å²) in [5.41, 5.74) is 1.86. The van der Waals surface area contributed by atoms with E-state index < -0.39 is 0 Å². The molecule has 4 rings (SSSR count). The van der Waals surface area contributed by atoms with Crippen molar-refractivity contribution in [1.29, 1.82) is 0 Å². The van der Waals surface area contributed by atoms with E-state index in [2.05, 4.69) is 47.8 Å². The summed E-state index contributed by atoms with van der Waals surface area (Å²) in [4.78, 5) is 15.7. The molecule has 0 atom stereocenters. The Kier molecular flexibility index (Phi) is 6.66. The van der Waals surface area contributed by atoms with Crippen LogP contribution in [0, 0.1) is 6.92 Å². The zero-order valence-corrected chi connectivity index (χ0v) is 18.4. The van der Waals surface area contributed by atoms with Gasteiger partial charge in [-0.1, -0.05) is 35.0 Å². The van der Waals surface area contributed by atoms with Gasteiger partial charge in [0.05, 0.1) is 6.54 Å². The van der Waals surface area contributed by atoms with Gasteiger partial charge in [-0.25, -0.2) is 4.98 Å². The summed E-state index contributed by atoms with van der Waals surface area (Å²) in [6.07, 6.45) is 2.02. The van der Waals surface area contributed by atoms with Gasteiger partial charge < -0.3 is 20.1 Å². The molecule has 8 nitrogen and oxygen atoms in total. The molecule has 0 amide bonds. The first-order valence-electron chi connectivity index (χ1n) is 10.3. The third-order valence-corrected chi connectivity index (χ3v) is 5.45. The van der Waals surface area contributed by atoms with Crippen molar-refractivity contribution in [1.82, 2.24) is 25.8 Å². The average Bonchev–Trinajstić information content (AvgIpc) is 3.26. The van der Waals surface area contributed by atoms with Gasteiger partial charge in [0.25, 0.3) is 0 Å². The zero-order chi connectivity index (χ0) is 21.6. The number of aliphatic imine (C=N–C) groups is 1. The molecule has 0 bridgehead atoms. The minimum atomic E-state index is 0.344. The summed E-state index contributed by atoms with van der Waals surface area (Å²) in [6.45, 7) is 4.32. The molecule has 1 aliphatic rings. The number of hydrogen-bond acceptors (Lipinski definition) is 6. The molecule has 2 N–H and O–H groups in total. The fourth-order valence-electron chi connectivity index (χ4n) is 3.58. The van der Waals surface area contributed by atoms with Crippen LogP contribution in [0.1, 0.15) is 24.4 Å². The second-order valence-electron chi connectivity index (χ2n) is 7.49. The highest BCUT2D eigenvalue weighted by atomic mass is 35.5. The molecule has 1 aromatic carbocycles. The monoisotopic (exact) mass is 439 g/mol. The molecular weight excluding hydrogens is 414 g/mol. The number of benzene rings is 1. The van der Waals surface area contributed by atoms with Crippen LogP contribution in [0.25, 0.3) is 11.4 Å². The third-order valence-electron chi connectivity index (χ3n) is 5.21. The topological polar surface area (TPSA) is 91.5 Å². The molecule has 0 unspecified atom stereocenters. The van der Waals surface area contributed by atoms with Crippen molar-refractivity contribution in [2.24, 2.45) is 4.99 Å². The van der Waals surface area contributed by atoms with Gasteiger partial charge in [-0.05, 0) is 44.0 Å². The summed E-state index contributed by atoms with van der Waals surface area (Å²) in [5, 5.41) is 11.4. The van der Waals surface area contributed by atoms with Crippen LogP contribution < -0.4 is 15.5 Å². The molecule has 3 aromatic rings. The number of rotatable bonds is 5. The maximum atomic E-state index is 6.04. The van der Waals surface area contributed by atoms with Crippen LogP contribution in [0.5, 0.6) is 0 Å². The number of hydrogen-bond donors (Lipinski definition) is 2. The summed E-state index contributed by atoms with van der Waals surface area (Å²) < 4.78 is 5.35. The molecule has 1 fully saturated rings. The average molecular weight is 440 g/mol. The number of piperidine rings is 1. The molecule has 0 aliphatic carbocycles. The molecule has 0 spiro atoms. The van der Waals surface area contributed by atoms with E-state index in [-0.39, 0.29) is 0 Å². The minimum Gasteiger partial charge on any atom is -0.356 e. The number of anilines is 1. The van der Waals surface area contributed by atoms with Crippen molar-refractivity contribution >= 4 is 23.4 Å². The van der Waals surface area contributed by atoms with Gasteiger partial charge in [-0.2, -0.15) is 4.98 Å². The Morgan fingerprint density at radius 2 is 2.00 bits per heavy atom. The first-order chi connectivity index (χ1) is 15.1. The first-order valence-corrected chi connectivity index (χ1v) is 10.7. The standard InChI is InChI=1S/C22H26ClN7O/c1-15-5-3-8-19(26-15)30-11-9-18(10-12-30)27-22(24-2)25-14-20-28-21(29-31-20)16-6-4-7-17(23)13-16/h3-8,13,18H,9-12,14H2,1-2H3,(H2,24,25,27). The lowest BCUT2D eigenvalue weighted by Gasteiger charge is -2.33. The van der Waals surface area contributed by atoms with Gasteiger partial charge in [0.15, 0.2) is 5.96 Å². The van der Waals surface area contributed by atoms with Gasteiger partial charge in [0, 0.05) is 42.5 Å². The van der Waals surface area contributed by atoms with Crippen LogP contribution in [0.3, 0.4) is 0 Å². The highest BCUT2D eigenvalue weighted by Gasteiger charge is 2.21. The Bertz CT molecular complexity index is 1040. The van der Waals surface area contributed by atoms with E-state index in [9.17, 15) is 0 Å². The number of aromatic nitrogens is 3. The van der Waals surface area contributed by atoms with Crippen molar-refractivity contribution in [2.75, 3.05) is 25.0 Å². The molecule has 2 aromatic heterocycles. The predicted octanol–water partition coefficient (Wildman–Crippen LogP) is 3.43. The zero-order valence-electron chi connectivity index (χ0n) is 17.7. The third kappa shape index (κ3) is 5.52. The lowest BCUT2D eigenvalue weighted by molar-refractivity contribution is 0.374. The SMILES string of the molecule is CN=C(NCc1nc(-c2cccc(Cl)c2)no1)NC1CCN(c2cccc(C)n2)CC1. The smallest absolute Gasteiger partial charge is 0.246 e. The minimum absolute atomic E-state index is 0.344. The van der Waals surface area contributed by atoms with E-state index in [0.717, 1.165) is 49.0 Å². The Hall–Kier alpha value is -3.13. The molecule has 3 heterocycles. The summed E-state index contributed by atoms with van der Waals surface area (Å²) >= 11 is 6.04. The number of guanidine groups is 1. The number of nitrogens with zero attached hydrogens (tertiary/aromatic N) is 5. The second kappa shape index (κ2) is 9.78. The van der Waals surface area contributed by atoms with E-state index >= 15 is 0 Å². The van der Waals surface area contributed by atoms with Gasteiger partial charge >= 0.3 is 0 Å². The Morgan fingerprint density at radius 3 is 2.74 bits per heavy atom. The molecule has 9 heteroatoms. The first kappa shape index (κ1) is 21.1. The van der Waals surface area contributed by atoms with E-state index in [1.165, 1.54) is 0 Å². The summed E-state index contributed by atoms with van der Waals surface area (Å²) in [6, 6.07) is 13.9. The molecular formula is C22H26ClN7O. The summed E-state index contributed by atoms with van der Waals surface area (Å²) in [5.74, 6) is 2.76. The highest BCUT2D eigenvalue weighted by molar-refractivity contribution is 6.30. The highest BCUT2D eigenvalue weighted by Crippen LogP contribution is 2.20. The van der Waals surface area contributed by atoms with Gasteiger partial charge in [0.2, 0.25) is 11.7 Å².